The van der Waals surface area contributed by atoms with E-state index in [9.17, 15) is 5.26 Å². The molecule has 3 heterocycles. The molecule has 1 aromatic rings. The third-order valence-electron chi connectivity index (χ3n) is 5.48. The number of piperidine rings is 1. The zero-order chi connectivity index (χ0) is 23.9. The van der Waals surface area contributed by atoms with Crippen molar-refractivity contribution in [2.75, 3.05) is 41.6 Å². The smallest absolute Gasteiger partial charge is 0.204 e. The molecule has 1 aromatic carbocycles. The highest BCUT2D eigenvalue weighted by Crippen LogP contribution is 2.32. The Balaban J connectivity index is 0.00000122. The van der Waals surface area contributed by atoms with Crippen LogP contribution in [-0.4, -0.2) is 55.1 Å². The molecule has 0 radical (unpaired) electrons. The third kappa shape index (κ3) is 8.79. The maximum atomic E-state index is 9.36. The number of nitrogens with one attached hydrogen (secondary N) is 1. The summed E-state index contributed by atoms with van der Waals surface area (Å²) in [5.74, 6) is 1.60. The highest BCUT2D eigenvalue weighted by Gasteiger charge is 2.21. The van der Waals surface area contributed by atoms with Crippen LogP contribution in [0.25, 0.3) is 6.08 Å². The third-order valence-corrected chi connectivity index (χ3v) is 6.24. The number of amidine groups is 1. The first kappa shape index (κ1) is 26.2. The number of nitrogens with two attached hydrogens (primary N) is 2. The SMILES string of the molecule is N#CC1=N/C=C/c2ccc(NSCCO)cc2N2CCC(CCCCN=C1N)CC2.NC=O. The lowest BCUT2D eigenvalue weighted by Gasteiger charge is -2.35. The monoisotopic (exact) mass is 471 g/mol. The number of hydrogen-bond acceptors (Lipinski definition) is 9. The predicted octanol–water partition coefficient (Wildman–Crippen LogP) is 2.53. The summed E-state index contributed by atoms with van der Waals surface area (Å²) in [6.07, 6.45) is 9.53. The van der Waals surface area contributed by atoms with Crippen molar-refractivity contribution < 1.29 is 9.90 Å². The fourth-order valence-corrected chi connectivity index (χ4v) is 4.32. The number of hydrogen-bond donors (Lipinski definition) is 4. The van der Waals surface area contributed by atoms with Gasteiger partial charge in [0.25, 0.3) is 0 Å². The van der Waals surface area contributed by atoms with Crippen LogP contribution < -0.4 is 21.1 Å². The molecule has 0 saturated carbocycles. The molecule has 6 N–H and O–H groups in total. The Labute approximate surface area is 199 Å². The first-order valence-electron chi connectivity index (χ1n) is 11.1. The summed E-state index contributed by atoms with van der Waals surface area (Å²) in [6.45, 7) is 2.86. The first-order chi connectivity index (χ1) is 16.1. The second-order valence-electron chi connectivity index (χ2n) is 7.68. The number of carbonyl (C=O) groups excluding carboxylic acids is 1. The van der Waals surface area contributed by atoms with E-state index in [1.807, 2.05) is 18.2 Å². The van der Waals surface area contributed by atoms with E-state index < -0.39 is 0 Å². The van der Waals surface area contributed by atoms with Gasteiger partial charge < -0.3 is 26.2 Å². The number of rotatable bonds is 4. The van der Waals surface area contributed by atoms with E-state index in [4.69, 9.17) is 15.6 Å². The zero-order valence-electron chi connectivity index (χ0n) is 18.8. The van der Waals surface area contributed by atoms with Gasteiger partial charge in [0.1, 0.15) is 6.07 Å². The number of aliphatic imine (C=N–C) groups is 2. The van der Waals surface area contributed by atoms with Gasteiger partial charge in [0.05, 0.1) is 6.61 Å². The molecular formula is C23H33N7O2S. The van der Waals surface area contributed by atoms with Gasteiger partial charge in [0, 0.05) is 43.0 Å². The van der Waals surface area contributed by atoms with E-state index in [1.165, 1.54) is 31.2 Å². The fourth-order valence-electron chi connectivity index (χ4n) is 3.83. The minimum absolute atomic E-state index is 0.143. The summed E-state index contributed by atoms with van der Waals surface area (Å²) < 4.78 is 3.30. The van der Waals surface area contributed by atoms with E-state index in [0.29, 0.717) is 12.3 Å². The van der Waals surface area contributed by atoms with Crippen LogP contribution in [0.2, 0.25) is 0 Å². The predicted molar refractivity (Wildman–Crippen MR) is 137 cm³/mol. The number of fused-ring (bicyclic) bond motifs is 8. The van der Waals surface area contributed by atoms with Crippen molar-refractivity contribution in [3.8, 4) is 6.07 Å². The molecule has 0 spiro atoms. The average Bonchev–Trinajstić information content (AvgIpc) is 2.82. The molecule has 178 valence electrons. The summed E-state index contributed by atoms with van der Waals surface area (Å²) in [7, 11) is 0. The van der Waals surface area contributed by atoms with E-state index in [0.717, 1.165) is 48.8 Å². The van der Waals surface area contributed by atoms with Crippen LogP contribution in [0.3, 0.4) is 0 Å². The van der Waals surface area contributed by atoms with Crippen LogP contribution >= 0.6 is 11.9 Å². The minimum Gasteiger partial charge on any atom is -0.395 e. The van der Waals surface area contributed by atoms with Crippen LogP contribution in [-0.2, 0) is 4.79 Å². The van der Waals surface area contributed by atoms with Gasteiger partial charge in [-0.2, -0.15) is 5.26 Å². The topological polar surface area (TPSA) is 153 Å². The van der Waals surface area contributed by atoms with Crippen LogP contribution in [0.15, 0.2) is 34.4 Å². The molecule has 4 rings (SSSR count). The number of amides is 1. The number of benzene rings is 1. The van der Waals surface area contributed by atoms with Crippen molar-refractivity contribution in [2.24, 2.45) is 27.4 Å². The van der Waals surface area contributed by atoms with Crippen molar-refractivity contribution in [1.82, 2.24) is 0 Å². The van der Waals surface area contributed by atoms with Crippen molar-refractivity contribution in [2.45, 2.75) is 32.1 Å². The highest BCUT2D eigenvalue weighted by atomic mass is 32.2. The standard InChI is InChI=1S/C22H30N6OS.CH3NO/c23-16-20-22(24)26-9-2-1-3-17-7-11-28(12-8-17)21-15-19(27-30-14-13-29)5-4-18(21)6-10-25-20;2-1-3/h4-6,10,15,17,27,29H,1-3,7-9,11-14H2,(H2,24,26);1H,(H2,2,3)/b10-6+,25-20?;. The molecule has 3 aliphatic rings. The number of primary amides is 1. The average molecular weight is 472 g/mol. The Morgan fingerprint density at radius 2 is 2.06 bits per heavy atom. The van der Waals surface area contributed by atoms with Crippen molar-refractivity contribution in [1.29, 1.82) is 5.26 Å². The second-order valence-corrected chi connectivity index (χ2v) is 8.58. The van der Waals surface area contributed by atoms with Gasteiger partial charge in [0.2, 0.25) is 6.41 Å². The van der Waals surface area contributed by atoms with Crippen molar-refractivity contribution in [3.63, 3.8) is 0 Å². The molecule has 1 fully saturated rings. The summed E-state index contributed by atoms with van der Waals surface area (Å²) in [4.78, 5) is 19.6. The Morgan fingerprint density at radius 1 is 1.30 bits per heavy atom. The van der Waals surface area contributed by atoms with E-state index in [1.54, 1.807) is 6.20 Å². The lowest BCUT2D eigenvalue weighted by molar-refractivity contribution is -0.106. The van der Waals surface area contributed by atoms with Crippen LogP contribution in [0, 0.1) is 17.2 Å². The number of anilines is 2. The molecule has 0 aliphatic carbocycles. The van der Waals surface area contributed by atoms with E-state index >= 15 is 0 Å². The quantitative estimate of drug-likeness (QED) is 0.299. The zero-order valence-corrected chi connectivity index (χ0v) is 19.6. The first-order valence-corrected chi connectivity index (χ1v) is 12.1. The molecule has 0 unspecified atom stereocenters. The number of aliphatic hydroxyl groups excluding tert-OH is 1. The molecular weight excluding hydrogens is 438 g/mol. The number of nitriles is 1. The van der Waals surface area contributed by atoms with Gasteiger partial charge in [-0.1, -0.05) is 30.9 Å². The lowest BCUT2D eigenvalue weighted by Crippen LogP contribution is -2.34. The molecule has 0 aromatic heterocycles. The molecule has 1 saturated heterocycles. The molecule has 10 heteroatoms. The number of carbonyl (C=O) groups is 1. The number of nitrogens with zero attached hydrogens (tertiary/aromatic N) is 4. The normalized spacial score (nSPS) is 18.0. The molecule has 0 atom stereocenters. The Morgan fingerprint density at radius 3 is 2.76 bits per heavy atom. The van der Waals surface area contributed by atoms with Crippen LogP contribution in [0.1, 0.15) is 37.7 Å². The van der Waals surface area contributed by atoms with E-state index in [-0.39, 0.29) is 24.6 Å². The van der Waals surface area contributed by atoms with Crippen LogP contribution in [0.4, 0.5) is 11.4 Å². The highest BCUT2D eigenvalue weighted by molar-refractivity contribution is 8.00. The molecule has 9 nitrogen and oxygen atoms in total. The van der Waals surface area contributed by atoms with Gasteiger partial charge in [-0.25, -0.2) is 4.99 Å². The lowest BCUT2D eigenvalue weighted by atomic mass is 9.91. The second kappa shape index (κ2) is 14.9. The summed E-state index contributed by atoms with van der Waals surface area (Å²) in [5, 5.41) is 18.4. The van der Waals surface area contributed by atoms with Crippen LogP contribution in [0.5, 0.6) is 0 Å². The Bertz CT molecular complexity index is 887. The van der Waals surface area contributed by atoms with Gasteiger partial charge in [-0.3, -0.25) is 9.79 Å². The van der Waals surface area contributed by atoms with Gasteiger partial charge >= 0.3 is 0 Å². The summed E-state index contributed by atoms with van der Waals surface area (Å²) >= 11 is 1.49. The largest absolute Gasteiger partial charge is 0.395 e. The summed E-state index contributed by atoms with van der Waals surface area (Å²) in [5.41, 5.74) is 13.5. The van der Waals surface area contributed by atoms with E-state index in [2.05, 4.69) is 37.5 Å². The van der Waals surface area contributed by atoms with Gasteiger partial charge in [-0.15, -0.1) is 0 Å². The maximum absolute atomic E-state index is 9.36. The Hall–Kier alpha value is -3.03. The minimum atomic E-state index is 0.143. The number of aliphatic hydroxyl groups is 1. The molecule has 33 heavy (non-hydrogen) atoms. The van der Waals surface area contributed by atoms with Gasteiger partial charge in [-0.05, 0) is 49.0 Å². The molecule has 1 amide bonds. The van der Waals surface area contributed by atoms with Crippen molar-refractivity contribution >= 4 is 47.4 Å². The summed E-state index contributed by atoms with van der Waals surface area (Å²) in [6, 6.07) is 8.27. The fraction of sp³-hybridized carbons (Fsp3) is 0.478. The van der Waals surface area contributed by atoms with Crippen molar-refractivity contribution in [3.05, 3.63) is 30.0 Å². The maximum Gasteiger partial charge on any atom is 0.204 e. The molecule has 3 aliphatic heterocycles. The van der Waals surface area contributed by atoms with Gasteiger partial charge in [0.15, 0.2) is 11.5 Å². The molecule has 2 bridgehead atoms. The Kier molecular flexibility index (Phi) is 11.9.